The fourth-order valence-corrected chi connectivity index (χ4v) is 1.82. The number of alkyl halides is 3. The van der Waals surface area contributed by atoms with Crippen molar-refractivity contribution >= 4 is 5.78 Å². The lowest BCUT2D eigenvalue weighted by Crippen LogP contribution is -2.35. The Labute approximate surface area is 104 Å². The summed E-state index contributed by atoms with van der Waals surface area (Å²) in [7, 11) is 1.29. The van der Waals surface area contributed by atoms with Crippen LogP contribution in [0.25, 0.3) is 0 Å². The highest BCUT2D eigenvalue weighted by Gasteiger charge is 2.29. The molecule has 0 amide bonds. The first-order valence-electron chi connectivity index (χ1n) is 5.55. The van der Waals surface area contributed by atoms with E-state index in [4.69, 9.17) is 0 Å². The molecule has 100 valence electrons. The summed E-state index contributed by atoms with van der Waals surface area (Å²) in [5, 5.41) is 0. The van der Waals surface area contributed by atoms with E-state index in [0.29, 0.717) is 5.56 Å². The van der Waals surface area contributed by atoms with Crippen molar-refractivity contribution in [3.63, 3.8) is 0 Å². The van der Waals surface area contributed by atoms with Crippen LogP contribution in [0.15, 0.2) is 18.2 Å². The highest BCUT2D eigenvalue weighted by atomic mass is 19.4. The zero-order valence-corrected chi connectivity index (χ0v) is 10.6. The van der Waals surface area contributed by atoms with Gasteiger partial charge in [-0.1, -0.05) is 23.8 Å². The normalized spacial score (nSPS) is 11.9. The van der Waals surface area contributed by atoms with E-state index in [0.717, 1.165) is 16.0 Å². The van der Waals surface area contributed by atoms with Gasteiger partial charge in [-0.2, -0.15) is 13.2 Å². The Balaban J connectivity index is 2.71. The van der Waals surface area contributed by atoms with E-state index in [-0.39, 0.29) is 12.3 Å². The van der Waals surface area contributed by atoms with Crippen molar-refractivity contribution in [1.82, 2.24) is 4.90 Å². The molecule has 1 aromatic rings. The Hall–Kier alpha value is -1.36. The molecule has 1 rings (SSSR count). The molecular weight excluding hydrogens is 243 g/mol. The minimum Gasteiger partial charge on any atom is -0.293 e. The van der Waals surface area contributed by atoms with Gasteiger partial charge in [-0.25, -0.2) is 0 Å². The van der Waals surface area contributed by atoms with Crippen molar-refractivity contribution < 1.29 is 18.0 Å². The van der Waals surface area contributed by atoms with E-state index < -0.39 is 12.7 Å². The second-order valence-electron chi connectivity index (χ2n) is 4.53. The third-order valence-corrected chi connectivity index (χ3v) is 2.55. The van der Waals surface area contributed by atoms with Crippen LogP contribution in [0.5, 0.6) is 0 Å². The topological polar surface area (TPSA) is 20.3 Å². The van der Waals surface area contributed by atoms with E-state index in [1.54, 1.807) is 19.1 Å². The number of benzene rings is 1. The van der Waals surface area contributed by atoms with Crippen LogP contribution in [0, 0.1) is 13.8 Å². The number of rotatable bonds is 4. The average Bonchev–Trinajstić information content (AvgIpc) is 2.13. The second kappa shape index (κ2) is 5.52. The van der Waals surface area contributed by atoms with E-state index in [9.17, 15) is 18.0 Å². The quantitative estimate of drug-likeness (QED) is 0.775. The zero-order valence-electron chi connectivity index (χ0n) is 10.6. The molecule has 0 spiro atoms. The van der Waals surface area contributed by atoms with Crippen molar-refractivity contribution in [2.45, 2.75) is 20.0 Å². The number of hydrogen-bond donors (Lipinski definition) is 0. The molecule has 0 aromatic heterocycles. The summed E-state index contributed by atoms with van der Waals surface area (Å²) in [6.45, 7) is 2.37. The fourth-order valence-electron chi connectivity index (χ4n) is 1.82. The molecule has 0 atom stereocenters. The van der Waals surface area contributed by atoms with Gasteiger partial charge >= 0.3 is 6.18 Å². The largest absolute Gasteiger partial charge is 0.401 e. The average molecular weight is 259 g/mol. The summed E-state index contributed by atoms with van der Waals surface area (Å²) >= 11 is 0. The first kappa shape index (κ1) is 14.7. The van der Waals surface area contributed by atoms with E-state index in [1.807, 2.05) is 13.0 Å². The second-order valence-corrected chi connectivity index (χ2v) is 4.53. The van der Waals surface area contributed by atoms with Crippen LogP contribution in [0.3, 0.4) is 0 Å². The Morgan fingerprint density at radius 3 is 2.39 bits per heavy atom. The minimum absolute atomic E-state index is 0.233. The smallest absolute Gasteiger partial charge is 0.293 e. The van der Waals surface area contributed by atoms with Gasteiger partial charge in [0.05, 0.1) is 13.1 Å². The molecule has 0 saturated carbocycles. The number of nitrogens with zero attached hydrogens (tertiary/aromatic N) is 1. The number of likely N-dealkylation sites (N-methyl/N-ethyl adjacent to an activating group) is 1. The Bertz CT molecular complexity index is 440. The van der Waals surface area contributed by atoms with Gasteiger partial charge in [-0.15, -0.1) is 0 Å². The summed E-state index contributed by atoms with van der Waals surface area (Å²) < 4.78 is 36.4. The lowest BCUT2D eigenvalue weighted by molar-refractivity contribution is -0.141. The molecule has 0 aliphatic carbocycles. The predicted octanol–water partition coefficient (Wildman–Crippen LogP) is 2.98. The molecular formula is C13H16F3NO. The van der Waals surface area contributed by atoms with E-state index in [2.05, 4.69) is 0 Å². The van der Waals surface area contributed by atoms with E-state index in [1.165, 1.54) is 7.05 Å². The van der Waals surface area contributed by atoms with Crippen LogP contribution in [-0.2, 0) is 0 Å². The monoisotopic (exact) mass is 259 g/mol. The third kappa shape index (κ3) is 4.49. The molecule has 5 heteroatoms. The molecule has 0 fully saturated rings. The number of carbonyl (C=O) groups is 1. The van der Waals surface area contributed by atoms with Gasteiger partial charge in [-0.3, -0.25) is 9.69 Å². The van der Waals surface area contributed by atoms with Crippen LogP contribution < -0.4 is 0 Å². The number of carbonyl (C=O) groups excluding carboxylic acids is 1. The fraction of sp³-hybridized carbons (Fsp3) is 0.462. The van der Waals surface area contributed by atoms with Crippen molar-refractivity contribution in [3.05, 3.63) is 34.9 Å². The predicted molar refractivity (Wildman–Crippen MR) is 63.8 cm³/mol. The Morgan fingerprint density at radius 2 is 1.89 bits per heavy atom. The van der Waals surface area contributed by atoms with Gasteiger partial charge in [0.2, 0.25) is 0 Å². The van der Waals surface area contributed by atoms with Crippen LogP contribution in [0.4, 0.5) is 13.2 Å². The molecule has 0 saturated heterocycles. The summed E-state index contributed by atoms with van der Waals surface area (Å²) in [4.78, 5) is 12.8. The van der Waals surface area contributed by atoms with Gasteiger partial charge in [-0.05, 0) is 26.5 Å². The molecule has 0 aliphatic heterocycles. The summed E-state index contributed by atoms with van der Waals surface area (Å²) in [6, 6.07) is 5.29. The molecule has 0 radical (unpaired) electrons. The summed E-state index contributed by atoms with van der Waals surface area (Å²) in [6.07, 6.45) is -4.28. The number of hydrogen-bond acceptors (Lipinski definition) is 2. The van der Waals surface area contributed by atoms with Gasteiger partial charge in [0.1, 0.15) is 0 Å². The lowest BCUT2D eigenvalue weighted by Gasteiger charge is -2.18. The van der Waals surface area contributed by atoms with Crippen molar-refractivity contribution in [2.24, 2.45) is 0 Å². The molecule has 0 aliphatic rings. The van der Waals surface area contributed by atoms with Gasteiger partial charge < -0.3 is 0 Å². The first-order chi connectivity index (χ1) is 8.19. The molecule has 2 nitrogen and oxygen atoms in total. The Kier molecular flexibility index (Phi) is 4.51. The third-order valence-electron chi connectivity index (χ3n) is 2.55. The summed E-state index contributed by atoms with van der Waals surface area (Å²) in [5.74, 6) is -0.292. The maximum atomic E-state index is 12.1. The van der Waals surface area contributed by atoms with E-state index >= 15 is 0 Å². The van der Waals surface area contributed by atoms with Gasteiger partial charge in [0.15, 0.2) is 5.78 Å². The van der Waals surface area contributed by atoms with Crippen molar-refractivity contribution in [3.8, 4) is 0 Å². The zero-order chi connectivity index (χ0) is 13.9. The first-order valence-corrected chi connectivity index (χ1v) is 5.55. The van der Waals surface area contributed by atoms with Crippen molar-refractivity contribution in [2.75, 3.05) is 20.1 Å². The van der Waals surface area contributed by atoms with Gasteiger partial charge in [0, 0.05) is 5.56 Å². The maximum absolute atomic E-state index is 12.1. The van der Waals surface area contributed by atoms with Crippen LogP contribution >= 0.6 is 0 Å². The van der Waals surface area contributed by atoms with Crippen LogP contribution in [0.2, 0.25) is 0 Å². The minimum atomic E-state index is -4.28. The molecule has 0 heterocycles. The number of ketones is 1. The molecule has 1 aromatic carbocycles. The van der Waals surface area contributed by atoms with Gasteiger partial charge in [0.25, 0.3) is 0 Å². The highest BCUT2D eigenvalue weighted by Crippen LogP contribution is 2.16. The van der Waals surface area contributed by atoms with Crippen molar-refractivity contribution in [1.29, 1.82) is 0 Å². The molecule has 0 unspecified atom stereocenters. The lowest BCUT2D eigenvalue weighted by atomic mass is 10.0. The molecule has 0 bridgehead atoms. The number of aryl methyl sites for hydroxylation is 2. The number of Topliss-reactive ketones (excluding diaryl/α,β-unsaturated/α-hetero) is 1. The number of halogens is 3. The Morgan fingerprint density at radius 1 is 1.28 bits per heavy atom. The SMILES string of the molecule is Cc1ccc(C(=O)CN(C)CC(F)(F)F)c(C)c1. The summed E-state index contributed by atoms with van der Waals surface area (Å²) in [5.41, 5.74) is 2.29. The van der Waals surface area contributed by atoms with Crippen LogP contribution in [-0.4, -0.2) is 37.0 Å². The van der Waals surface area contributed by atoms with Crippen LogP contribution in [0.1, 0.15) is 21.5 Å². The molecule has 0 N–H and O–H groups in total. The molecule has 18 heavy (non-hydrogen) atoms. The maximum Gasteiger partial charge on any atom is 0.401 e. The standard InChI is InChI=1S/C13H16F3NO/c1-9-4-5-11(10(2)6-9)12(18)7-17(3)8-13(14,15)16/h4-6H,7-8H2,1-3H3. The highest BCUT2D eigenvalue weighted by molar-refractivity contribution is 5.98.